The summed E-state index contributed by atoms with van der Waals surface area (Å²) in [6, 6.07) is 12.3. The van der Waals surface area contributed by atoms with E-state index < -0.39 is 0 Å². The Hall–Kier alpha value is -2.63. The second-order valence-electron chi connectivity index (χ2n) is 5.46. The van der Waals surface area contributed by atoms with Crippen LogP contribution in [-0.4, -0.2) is 14.5 Å². The van der Waals surface area contributed by atoms with Crippen LogP contribution in [-0.2, 0) is 6.54 Å². The van der Waals surface area contributed by atoms with Crippen LogP contribution in [0.15, 0.2) is 64.2 Å². The van der Waals surface area contributed by atoms with E-state index in [1.54, 1.807) is 36.5 Å². The van der Waals surface area contributed by atoms with Gasteiger partial charge in [0.25, 0.3) is 5.56 Å². The van der Waals surface area contributed by atoms with Gasteiger partial charge in [-0.3, -0.25) is 9.36 Å². The second kappa shape index (κ2) is 6.35. The lowest BCUT2D eigenvalue weighted by Crippen LogP contribution is -2.21. The molecule has 4 rings (SSSR count). The normalized spacial score (nSPS) is 11.1. The van der Waals surface area contributed by atoms with Crippen molar-refractivity contribution in [2.24, 2.45) is 0 Å². The molecule has 25 heavy (non-hydrogen) atoms. The highest BCUT2D eigenvalue weighted by molar-refractivity contribution is 6.31. The van der Waals surface area contributed by atoms with E-state index >= 15 is 0 Å². The molecule has 0 amide bonds. The van der Waals surface area contributed by atoms with Crippen molar-refractivity contribution in [3.63, 3.8) is 0 Å². The molecule has 0 bridgehead atoms. The van der Waals surface area contributed by atoms with Gasteiger partial charge >= 0.3 is 0 Å². The number of aromatic nitrogens is 3. The molecule has 4 aromatic rings. The summed E-state index contributed by atoms with van der Waals surface area (Å²) in [5, 5.41) is 1.60. The zero-order valence-electron chi connectivity index (χ0n) is 12.8. The predicted molar refractivity (Wildman–Crippen MR) is 97.1 cm³/mol. The Morgan fingerprint density at radius 1 is 1.00 bits per heavy atom. The van der Waals surface area contributed by atoms with Gasteiger partial charge in [-0.15, -0.1) is 0 Å². The fourth-order valence-electron chi connectivity index (χ4n) is 2.52. The van der Waals surface area contributed by atoms with E-state index in [2.05, 4.69) is 9.97 Å². The van der Waals surface area contributed by atoms with Crippen LogP contribution >= 0.6 is 23.2 Å². The molecule has 0 saturated heterocycles. The van der Waals surface area contributed by atoms with Crippen molar-refractivity contribution < 1.29 is 4.42 Å². The zero-order valence-corrected chi connectivity index (χ0v) is 14.3. The number of rotatable bonds is 3. The van der Waals surface area contributed by atoms with Crippen molar-refractivity contribution in [3.8, 4) is 11.3 Å². The Balaban J connectivity index is 1.67. The van der Waals surface area contributed by atoms with Crippen LogP contribution in [0, 0.1) is 0 Å². The van der Waals surface area contributed by atoms with Gasteiger partial charge in [0.15, 0.2) is 5.76 Å². The van der Waals surface area contributed by atoms with Gasteiger partial charge in [0.2, 0.25) is 5.89 Å². The van der Waals surface area contributed by atoms with E-state index in [-0.39, 0.29) is 12.1 Å². The lowest BCUT2D eigenvalue weighted by molar-refractivity contribution is 0.484. The highest BCUT2D eigenvalue weighted by Crippen LogP contribution is 2.22. The molecule has 2 aromatic carbocycles. The molecular formula is C18H11Cl2N3O2. The molecule has 0 radical (unpaired) electrons. The summed E-state index contributed by atoms with van der Waals surface area (Å²) < 4.78 is 7.18. The number of fused-ring (bicyclic) bond motifs is 1. The van der Waals surface area contributed by atoms with E-state index in [9.17, 15) is 4.79 Å². The summed E-state index contributed by atoms with van der Waals surface area (Å²) in [6.07, 6.45) is 3.10. The van der Waals surface area contributed by atoms with Crippen LogP contribution in [0.5, 0.6) is 0 Å². The van der Waals surface area contributed by atoms with Crippen LogP contribution in [0.2, 0.25) is 10.0 Å². The molecule has 2 aromatic heterocycles. The maximum Gasteiger partial charge on any atom is 0.261 e. The zero-order chi connectivity index (χ0) is 17.4. The average molecular weight is 372 g/mol. The molecule has 0 unspecified atom stereocenters. The number of nitrogens with zero attached hydrogens (tertiary/aromatic N) is 3. The molecule has 0 aliphatic heterocycles. The Kier molecular flexibility index (Phi) is 4.03. The van der Waals surface area contributed by atoms with Gasteiger partial charge in [0.05, 0.1) is 23.4 Å². The molecule has 124 valence electrons. The van der Waals surface area contributed by atoms with Crippen LogP contribution < -0.4 is 5.56 Å². The standard InChI is InChI=1S/C18H11Cl2N3O2/c19-12-3-1-11(2-4-12)16-8-21-17(25-16)9-23-10-22-15-6-5-13(20)7-14(15)18(23)24/h1-8,10H,9H2. The smallest absolute Gasteiger partial charge is 0.261 e. The monoisotopic (exact) mass is 371 g/mol. The van der Waals surface area contributed by atoms with Gasteiger partial charge in [-0.25, -0.2) is 9.97 Å². The third-order valence-electron chi connectivity index (χ3n) is 3.77. The minimum absolute atomic E-state index is 0.182. The van der Waals surface area contributed by atoms with Crippen LogP contribution in [0.1, 0.15) is 5.89 Å². The molecule has 0 saturated carbocycles. The number of halogens is 2. The number of oxazole rings is 1. The van der Waals surface area contributed by atoms with Gasteiger partial charge in [-0.1, -0.05) is 23.2 Å². The molecular weight excluding hydrogens is 361 g/mol. The highest BCUT2D eigenvalue weighted by atomic mass is 35.5. The molecule has 7 heteroatoms. The van der Waals surface area contributed by atoms with Crippen molar-refractivity contribution >= 4 is 34.1 Å². The first-order chi connectivity index (χ1) is 12.1. The van der Waals surface area contributed by atoms with E-state index in [1.807, 2.05) is 12.1 Å². The first-order valence-electron chi connectivity index (χ1n) is 7.45. The number of hydrogen-bond donors (Lipinski definition) is 0. The molecule has 0 spiro atoms. The summed E-state index contributed by atoms with van der Waals surface area (Å²) >= 11 is 11.9. The fourth-order valence-corrected chi connectivity index (χ4v) is 2.82. The van der Waals surface area contributed by atoms with Crippen LogP contribution in [0.25, 0.3) is 22.2 Å². The minimum atomic E-state index is -0.196. The van der Waals surface area contributed by atoms with Crippen LogP contribution in [0.4, 0.5) is 0 Å². The maximum atomic E-state index is 12.6. The first kappa shape index (κ1) is 15.9. The Morgan fingerprint density at radius 2 is 1.76 bits per heavy atom. The lowest BCUT2D eigenvalue weighted by atomic mass is 10.2. The van der Waals surface area contributed by atoms with E-state index in [0.717, 1.165) is 5.56 Å². The van der Waals surface area contributed by atoms with Crippen molar-refractivity contribution in [1.82, 2.24) is 14.5 Å². The summed E-state index contributed by atoms with van der Waals surface area (Å²) in [7, 11) is 0. The lowest BCUT2D eigenvalue weighted by Gasteiger charge is -2.04. The molecule has 0 atom stereocenters. The summed E-state index contributed by atoms with van der Waals surface area (Å²) in [4.78, 5) is 21.1. The number of benzene rings is 2. The highest BCUT2D eigenvalue weighted by Gasteiger charge is 2.10. The van der Waals surface area contributed by atoms with Gasteiger partial charge < -0.3 is 4.42 Å². The van der Waals surface area contributed by atoms with Crippen LogP contribution in [0.3, 0.4) is 0 Å². The van der Waals surface area contributed by atoms with Crippen molar-refractivity contribution in [2.45, 2.75) is 6.54 Å². The summed E-state index contributed by atoms with van der Waals surface area (Å²) in [6.45, 7) is 0.182. The SMILES string of the molecule is O=c1c2cc(Cl)ccc2ncn1Cc1ncc(-c2ccc(Cl)cc2)o1. The Labute approximate surface area is 152 Å². The van der Waals surface area contributed by atoms with E-state index in [1.165, 1.54) is 10.9 Å². The van der Waals surface area contributed by atoms with Crippen molar-refractivity contribution in [2.75, 3.05) is 0 Å². The molecule has 0 aliphatic carbocycles. The van der Waals surface area contributed by atoms with Crippen molar-refractivity contribution in [1.29, 1.82) is 0 Å². The Bertz CT molecular complexity index is 1120. The quantitative estimate of drug-likeness (QED) is 0.535. The summed E-state index contributed by atoms with van der Waals surface area (Å²) in [5.74, 6) is 1.02. The molecule has 0 N–H and O–H groups in total. The number of hydrogen-bond acceptors (Lipinski definition) is 4. The molecule has 0 fully saturated rings. The van der Waals surface area contributed by atoms with E-state index in [0.29, 0.717) is 32.6 Å². The molecule has 2 heterocycles. The third-order valence-corrected chi connectivity index (χ3v) is 4.26. The maximum absolute atomic E-state index is 12.6. The second-order valence-corrected chi connectivity index (χ2v) is 6.34. The van der Waals surface area contributed by atoms with Gasteiger partial charge in [0, 0.05) is 15.6 Å². The first-order valence-corrected chi connectivity index (χ1v) is 8.21. The van der Waals surface area contributed by atoms with E-state index in [4.69, 9.17) is 27.6 Å². The Morgan fingerprint density at radius 3 is 2.56 bits per heavy atom. The minimum Gasteiger partial charge on any atom is -0.439 e. The van der Waals surface area contributed by atoms with Gasteiger partial charge in [0.1, 0.15) is 6.54 Å². The predicted octanol–water partition coefficient (Wildman–Crippen LogP) is 4.41. The topological polar surface area (TPSA) is 60.9 Å². The third kappa shape index (κ3) is 3.16. The summed E-state index contributed by atoms with van der Waals surface area (Å²) in [5.41, 5.74) is 1.26. The average Bonchev–Trinajstić information content (AvgIpc) is 3.07. The van der Waals surface area contributed by atoms with Gasteiger partial charge in [-0.05, 0) is 42.5 Å². The largest absolute Gasteiger partial charge is 0.439 e. The van der Waals surface area contributed by atoms with Gasteiger partial charge in [-0.2, -0.15) is 0 Å². The molecule has 0 aliphatic rings. The fraction of sp³-hybridized carbons (Fsp3) is 0.0556. The molecule has 5 nitrogen and oxygen atoms in total. The van der Waals surface area contributed by atoms with Crippen molar-refractivity contribution in [3.05, 3.63) is 81.3 Å².